The third-order valence-electron chi connectivity index (χ3n) is 8.23. The molecule has 4 atom stereocenters. The molecule has 1 aromatic rings. The van der Waals surface area contributed by atoms with Gasteiger partial charge >= 0.3 is 11.9 Å². The molecule has 9 nitrogen and oxygen atoms in total. The molecule has 10 heteroatoms. The summed E-state index contributed by atoms with van der Waals surface area (Å²) in [6.07, 6.45) is 18.0. The number of aryl methyl sites for hydroxylation is 1. The molecule has 0 aromatic heterocycles. The fourth-order valence-corrected chi connectivity index (χ4v) is 6.94. The van der Waals surface area contributed by atoms with Crippen LogP contribution in [0.5, 0.6) is 0 Å². The number of hydrogen-bond donors (Lipinski definition) is 1. The SMILES string of the molecule is CCCCCCCCCCCCCCCCCCO[C@@H]1C[C@H](NS(=O)(=O)c2ccc(C)cc2)[C@H](OC(C)=O)[C@@H](COC(C)=O)O1. The quantitative estimate of drug-likeness (QED) is 0.0899. The van der Waals surface area contributed by atoms with Crippen LogP contribution in [-0.4, -0.2) is 58.1 Å². The van der Waals surface area contributed by atoms with Gasteiger partial charge in [-0.25, -0.2) is 13.1 Å². The first-order valence-electron chi connectivity index (χ1n) is 17.3. The molecule has 1 N–H and O–H groups in total. The van der Waals surface area contributed by atoms with Crippen molar-refractivity contribution in [3.63, 3.8) is 0 Å². The summed E-state index contributed by atoms with van der Waals surface area (Å²) in [6.45, 7) is 6.91. The highest BCUT2D eigenvalue weighted by molar-refractivity contribution is 7.89. The van der Waals surface area contributed by atoms with Crippen molar-refractivity contribution in [3.05, 3.63) is 29.8 Å². The fourth-order valence-electron chi connectivity index (χ4n) is 5.68. The Labute approximate surface area is 272 Å². The predicted octanol–water partition coefficient (Wildman–Crippen LogP) is 7.53. The van der Waals surface area contributed by atoms with Gasteiger partial charge in [-0.05, 0) is 25.5 Å². The molecule has 45 heavy (non-hydrogen) atoms. The second-order valence-electron chi connectivity index (χ2n) is 12.4. The van der Waals surface area contributed by atoms with Crippen LogP contribution < -0.4 is 4.72 Å². The maximum absolute atomic E-state index is 13.2. The summed E-state index contributed by atoms with van der Waals surface area (Å²) in [6, 6.07) is 5.65. The van der Waals surface area contributed by atoms with E-state index in [1.54, 1.807) is 12.1 Å². The molecule has 258 valence electrons. The van der Waals surface area contributed by atoms with Crippen LogP contribution in [-0.2, 0) is 38.6 Å². The molecule has 0 unspecified atom stereocenters. The molecule has 1 heterocycles. The molecule has 1 aliphatic rings. The minimum absolute atomic E-state index is 0.100. The van der Waals surface area contributed by atoms with Crippen LogP contribution >= 0.6 is 0 Å². The predicted molar refractivity (Wildman–Crippen MR) is 176 cm³/mol. The molecule has 1 saturated heterocycles. The van der Waals surface area contributed by atoms with Gasteiger partial charge in [-0.1, -0.05) is 121 Å². The molecule has 2 rings (SSSR count). The number of benzene rings is 1. The van der Waals surface area contributed by atoms with Crippen LogP contribution in [0.15, 0.2) is 29.2 Å². The molecule has 1 fully saturated rings. The number of nitrogens with one attached hydrogen (secondary N) is 1. The molecular weight excluding hydrogens is 594 g/mol. The molecule has 0 bridgehead atoms. The molecule has 0 radical (unpaired) electrons. The monoisotopic (exact) mass is 653 g/mol. The summed E-state index contributed by atoms with van der Waals surface area (Å²) in [5.41, 5.74) is 0.932. The van der Waals surface area contributed by atoms with Gasteiger partial charge in [-0.15, -0.1) is 0 Å². The van der Waals surface area contributed by atoms with Crippen molar-refractivity contribution in [2.24, 2.45) is 0 Å². The smallest absolute Gasteiger partial charge is 0.303 e. The molecular formula is C35H59NO8S. The maximum atomic E-state index is 13.2. The number of esters is 2. The summed E-state index contributed by atoms with van der Waals surface area (Å²) >= 11 is 0. The van der Waals surface area contributed by atoms with Crippen molar-refractivity contribution in [1.29, 1.82) is 0 Å². The first-order valence-corrected chi connectivity index (χ1v) is 18.8. The molecule has 0 spiro atoms. The molecule has 0 saturated carbocycles. The topological polar surface area (TPSA) is 117 Å². The van der Waals surface area contributed by atoms with E-state index in [2.05, 4.69) is 11.6 Å². The van der Waals surface area contributed by atoms with E-state index in [-0.39, 0.29) is 17.9 Å². The highest BCUT2D eigenvalue weighted by Crippen LogP contribution is 2.27. The zero-order valence-corrected chi connectivity index (χ0v) is 29.0. The Hall–Kier alpha value is -2.01. The Morgan fingerprint density at radius 1 is 0.800 bits per heavy atom. The van der Waals surface area contributed by atoms with E-state index in [1.807, 2.05) is 6.92 Å². The second kappa shape index (κ2) is 22.5. The van der Waals surface area contributed by atoms with Crippen LogP contribution in [0.1, 0.15) is 135 Å². The van der Waals surface area contributed by atoms with E-state index < -0.39 is 46.5 Å². The lowest BCUT2D eigenvalue weighted by Crippen LogP contribution is -2.58. The van der Waals surface area contributed by atoms with Crippen LogP contribution in [0.3, 0.4) is 0 Å². The standard InChI is InChI=1S/C35H59NO8S/c1-5-6-7-8-9-10-11-12-13-14-15-16-17-18-19-20-25-41-34-26-32(36-45(39,40)31-23-21-28(2)22-24-31)35(43-30(4)38)33(44-34)27-42-29(3)37/h21-24,32-36H,5-20,25-27H2,1-4H3/t32-,33+,34-,35-/m0/s1. The number of rotatable bonds is 24. The highest BCUT2D eigenvalue weighted by Gasteiger charge is 2.44. The first kappa shape index (κ1) is 39.2. The number of ether oxygens (including phenoxy) is 4. The average molecular weight is 654 g/mol. The summed E-state index contributed by atoms with van der Waals surface area (Å²) in [7, 11) is -3.94. The van der Waals surface area contributed by atoms with Crippen molar-refractivity contribution >= 4 is 22.0 Å². The molecule has 1 aromatic carbocycles. The zero-order chi connectivity index (χ0) is 32.9. The first-order chi connectivity index (χ1) is 21.6. The minimum atomic E-state index is -3.94. The van der Waals surface area contributed by atoms with E-state index >= 15 is 0 Å². The van der Waals surface area contributed by atoms with Gasteiger partial charge in [0.1, 0.15) is 18.8 Å². The number of unbranched alkanes of at least 4 members (excludes halogenated alkanes) is 15. The Bertz CT molecular complexity index is 1060. The lowest BCUT2D eigenvalue weighted by atomic mass is 9.99. The van der Waals surface area contributed by atoms with Gasteiger partial charge in [0.15, 0.2) is 6.29 Å². The van der Waals surface area contributed by atoms with Crippen LogP contribution in [0.4, 0.5) is 0 Å². The van der Waals surface area contributed by atoms with Crippen molar-refractivity contribution < 1.29 is 37.0 Å². The third-order valence-corrected chi connectivity index (χ3v) is 9.73. The van der Waals surface area contributed by atoms with Crippen molar-refractivity contribution in [2.75, 3.05) is 13.2 Å². The van der Waals surface area contributed by atoms with E-state index in [0.717, 1.165) is 24.8 Å². The zero-order valence-electron chi connectivity index (χ0n) is 28.2. The second-order valence-corrected chi connectivity index (χ2v) is 14.1. The maximum Gasteiger partial charge on any atom is 0.303 e. The van der Waals surface area contributed by atoms with E-state index in [9.17, 15) is 18.0 Å². The number of hydrogen-bond acceptors (Lipinski definition) is 8. The summed E-state index contributed by atoms with van der Waals surface area (Å²) in [5.74, 6) is -1.11. The molecule has 1 aliphatic heterocycles. The highest BCUT2D eigenvalue weighted by atomic mass is 32.2. The lowest BCUT2D eigenvalue weighted by molar-refractivity contribution is -0.243. The number of carbonyl (C=O) groups is 2. The molecule has 0 amide bonds. The summed E-state index contributed by atoms with van der Waals surface area (Å²) in [5, 5.41) is 0. The Morgan fingerprint density at radius 2 is 1.31 bits per heavy atom. The van der Waals surface area contributed by atoms with Gasteiger partial charge in [0.2, 0.25) is 10.0 Å². The van der Waals surface area contributed by atoms with Gasteiger partial charge < -0.3 is 18.9 Å². The third kappa shape index (κ3) is 16.9. The summed E-state index contributed by atoms with van der Waals surface area (Å²) in [4.78, 5) is 23.6. The number of sulfonamides is 1. The lowest BCUT2D eigenvalue weighted by Gasteiger charge is -2.40. The minimum Gasteiger partial charge on any atom is -0.463 e. The molecule has 0 aliphatic carbocycles. The van der Waals surface area contributed by atoms with Crippen LogP contribution in [0.25, 0.3) is 0 Å². The fraction of sp³-hybridized carbons (Fsp3) is 0.771. The Morgan fingerprint density at radius 3 is 1.80 bits per heavy atom. The summed E-state index contributed by atoms with van der Waals surface area (Å²) < 4.78 is 51.9. The van der Waals surface area contributed by atoms with Crippen LogP contribution in [0, 0.1) is 6.92 Å². The van der Waals surface area contributed by atoms with Gasteiger partial charge in [0.25, 0.3) is 0 Å². The Kier molecular flexibility index (Phi) is 19.6. The van der Waals surface area contributed by atoms with Crippen molar-refractivity contribution in [3.8, 4) is 0 Å². The van der Waals surface area contributed by atoms with E-state index in [1.165, 1.54) is 109 Å². The van der Waals surface area contributed by atoms with Gasteiger partial charge in [-0.2, -0.15) is 0 Å². The van der Waals surface area contributed by atoms with E-state index in [4.69, 9.17) is 18.9 Å². The van der Waals surface area contributed by atoms with Crippen LogP contribution in [0.2, 0.25) is 0 Å². The van der Waals surface area contributed by atoms with E-state index in [0.29, 0.717) is 6.61 Å². The number of carbonyl (C=O) groups excluding carboxylic acids is 2. The van der Waals surface area contributed by atoms with Crippen molar-refractivity contribution in [2.45, 2.75) is 166 Å². The largest absolute Gasteiger partial charge is 0.463 e. The average Bonchev–Trinajstić information content (AvgIpc) is 2.98. The Balaban J connectivity index is 1.76. The van der Waals surface area contributed by atoms with Crippen molar-refractivity contribution in [1.82, 2.24) is 4.72 Å². The normalized spacial score (nSPS) is 20.2. The van der Waals surface area contributed by atoms with Gasteiger partial charge in [0.05, 0.1) is 10.9 Å². The van der Waals surface area contributed by atoms with Gasteiger partial charge in [-0.3, -0.25) is 9.59 Å². The van der Waals surface area contributed by atoms with Gasteiger partial charge in [0, 0.05) is 26.9 Å².